The lowest BCUT2D eigenvalue weighted by Crippen LogP contribution is -2.32. The number of halogens is 1. The largest absolute Gasteiger partial charge is 0.495 e. The van der Waals surface area contributed by atoms with Crippen molar-refractivity contribution in [2.75, 3.05) is 12.4 Å². The van der Waals surface area contributed by atoms with Crippen molar-refractivity contribution in [3.63, 3.8) is 0 Å². The van der Waals surface area contributed by atoms with E-state index in [9.17, 15) is 4.79 Å². The van der Waals surface area contributed by atoms with E-state index in [2.05, 4.69) is 15.6 Å². The first-order valence-corrected chi connectivity index (χ1v) is 9.14. The number of hydrogen-bond acceptors (Lipinski definition) is 5. The van der Waals surface area contributed by atoms with Crippen LogP contribution in [-0.2, 0) is 4.79 Å². The van der Waals surface area contributed by atoms with Gasteiger partial charge in [0.05, 0.1) is 22.3 Å². The Hall–Kier alpha value is -2.48. The van der Waals surface area contributed by atoms with Crippen LogP contribution in [0.2, 0.25) is 5.02 Å². The van der Waals surface area contributed by atoms with Crippen LogP contribution in [0.3, 0.4) is 0 Å². The number of carbonyl (C=O) groups is 1. The number of hydrogen-bond donors (Lipinski definition) is 2. The summed E-state index contributed by atoms with van der Waals surface area (Å²) >= 11 is 12.6. The molecule has 0 aliphatic carbocycles. The fraction of sp³-hybridized carbons (Fsp3) is 0.0556. The van der Waals surface area contributed by atoms with Gasteiger partial charge in [0, 0.05) is 12.1 Å². The zero-order chi connectivity index (χ0) is 18.5. The molecule has 0 unspecified atom stereocenters. The molecule has 5 nitrogen and oxygen atoms in total. The van der Waals surface area contributed by atoms with Crippen LogP contribution in [-0.4, -0.2) is 23.1 Å². The van der Waals surface area contributed by atoms with Gasteiger partial charge in [-0.2, -0.15) is 0 Å². The number of thiocarbonyl (C=S) groups is 1. The van der Waals surface area contributed by atoms with Gasteiger partial charge in [-0.1, -0.05) is 53.3 Å². The quantitative estimate of drug-likeness (QED) is 0.496. The zero-order valence-electron chi connectivity index (χ0n) is 13.7. The molecular weight excluding hydrogens is 390 g/mol. The minimum Gasteiger partial charge on any atom is -0.495 e. The molecule has 0 bridgehead atoms. The third kappa shape index (κ3) is 4.57. The summed E-state index contributed by atoms with van der Waals surface area (Å²) in [6.45, 7) is 0. The van der Waals surface area contributed by atoms with Gasteiger partial charge in [-0.25, -0.2) is 4.98 Å². The third-order valence-electron chi connectivity index (χ3n) is 3.35. The number of carbonyl (C=O) groups excluding carboxylic acids is 1. The number of rotatable bonds is 4. The minimum absolute atomic E-state index is 0.171. The van der Waals surface area contributed by atoms with Crippen LogP contribution < -0.4 is 15.4 Å². The monoisotopic (exact) mass is 403 g/mol. The maximum Gasteiger partial charge on any atom is 0.250 e. The fourth-order valence-corrected chi connectivity index (χ4v) is 3.54. The van der Waals surface area contributed by atoms with Crippen LogP contribution in [0.1, 0.15) is 5.56 Å². The molecule has 3 rings (SSSR count). The standard InChI is InChI=1S/C18H14ClN3O2S2/c1-24-14-10-15-13(9-12(14)19)20-18(26-15)22-17(25)21-16(23)8-7-11-5-3-2-4-6-11/h2-10H,1H3,(H2,20,21,22,23,25). The topological polar surface area (TPSA) is 63.2 Å². The van der Waals surface area contributed by atoms with Crippen LogP contribution in [0.25, 0.3) is 16.3 Å². The number of thiazole rings is 1. The van der Waals surface area contributed by atoms with E-state index in [1.165, 1.54) is 17.4 Å². The highest BCUT2D eigenvalue weighted by Gasteiger charge is 2.10. The van der Waals surface area contributed by atoms with E-state index in [1.807, 2.05) is 36.4 Å². The molecule has 26 heavy (non-hydrogen) atoms. The number of benzene rings is 2. The van der Waals surface area contributed by atoms with Gasteiger partial charge in [0.25, 0.3) is 0 Å². The number of nitrogens with one attached hydrogen (secondary N) is 2. The first-order chi connectivity index (χ1) is 12.5. The smallest absolute Gasteiger partial charge is 0.250 e. The fourth-order valence-electron chi connectivity index (χ4n) is 2.16. The number of aromatic nitrogens is 1. The Balaban J connectivity index is 1.63. The Morgan fingerprint density at radius 2 is 2.08 bits per heavy atom. The van der Waals surface area contributed by atoms with Crippen LogP contribution in [0.4, 0.5) is 5.13 Å². The normalized spacial score (nSPS) is 10.8. The summed E-state index contributed by atoms with van der Waals surface area (Å²) in [5, 5.41) is 6.71. The molecule has 0 fully saturated rings. The van der Waals surface area contributed by atoms with Crippen LogP contribution in [0.5, 0.6) is 5.75 Å². The summed E-state index contributed by atoms with van der Waals surface area (Å²) in [5.41, 5.74) is 1.65. The predicted octanol–water partition coefficient (Wildman–Crippen LogP) is 4.48. The molecule has 0 saturated heterocycles. The lowest BCUT2D eigenvalue weighted by molar-refractivity contribution is -0.115. The number of anilines is 1. The van der Waals surface area contributed by atoms with Gasteiger partial charge in [0.2, 0.25) is 5.91 Å². The molecule has 0 radical (unpaired) electrons. The minimum atomic E-state index is -0.322. The highest BCUT2D eigenvalue weighted by molar-refractivity contribution is 7.80. The summed E-state index contributed by atoms with van der Waals surface area (Å²) < 4.78 is 6.09. The molecule has 0 spiro atoms. The van der Waals surface area contributed by atoms with E-state index in [4.69, 9.17) is 28.6 Å². The molecular formula is C18H14ClN3O2S2. The molecule has 3 aromatic rings. The van der Waals surface area contributed by atoms with Crippen molar-refractivity contribution in [3.8, 4) is 5.75 Å². The molecule has 2 aromatic carbocycles. The maximum absolute atomic E-state index is 11.9. The first-order valence-electron chi connectivity index (χ1n) is 7.54. The molecule has 0 saturated carbocycles. The Morgan fingerprint density at radius 1 is 1.31 bits per heavy atom. The third-order valence-corrected chi connectivity index (χ3v) is 4.78. The van der Waals surface area contributed by atoms with E-state index >= 15 is 0 Å². The molecule has 0 atom stereocenters. The van der Waals surface area contributed by atoms with Crippen molar-refractivity contribution in [1.82, 2.24) is 10.3 Å². The number of fused-ring (bicyclic) bond motifs is 1. The van der Waals surface area contributed by atoms with E-state index in [1.54, 1.807) is 19.3 Å². The summed E-state index contributed by atoms with van der Waals surface area (Å²) in [5.74, 6) is 0.258. The number of methoxy groups -OCH3 is 1. The van der Waals surface area contributed by atoms with E-state index in [0.29, 0.717) is 15.9 Å². The maximum atomic E-state index is 11.9. The van der Waals surface area contributed by atoms with Gasteiger partial charge < -0.3 is 10.1 Å². The number of nitrogens with zero attached hydrogens (tertiary/aromatic N) is 1. The van der Waals surface area contributed by atoms with Gasteiger partial charge in [-0.3, -0.25) is 10.1 Å². The van der Waals surface area contributed by atoms with Crippen LogP contribution in [0, 0.1) is 0 Å². The molecule has 1 aromatic heterocycles. The van der Waals surface area contributed by atoms with Gasteiger partial charge in [-0.15, -0.1) is 0 Å². The van der Waals surface area contributed by atoms with Gasteiger partial charge >= 0.3 is 0 Å². The molecule has 0 aliphatic heterocycles. The average Bonchev–Trinajstić information content (AvgIpc) is 3.00. The van der Waals surface area contributed by atoms with E-state index < -0.39 is 0 Å². The summed E-state index contributed by atoms with van der Waals surface area (Å²) in [6, 6.07) is 13.1. The van der Waals surface area contributed by atoms with Crippen LogP contribution in [0.15, 0.2) is 48.5 Å². The molecule has 1 amide bonds. The zero-order valence-corrected chi connectivity index (χ0v) is 16.0. The first kappa shape index (κ1) is 18.3. The van der Waals surface area contributed by atoms with Crippen molar-refractivity contribution in [1.29, 1.82) is 0 Å². The molecule has 8 heteroatoms. The van der Waals surface area contributed by atoms with Gasteiger partial charge in [0.15, 0.2) is 10.2 Å². The van der Waals surface area contributed by atoms with Crippen molar-refractivity contribution in [3.05, 3.63) is 59.1 Å². The van der Waals surface area contributed by atoms with Crippen LogP contribution >= 0.6 is 35.2 Å². The Bertz CT molecular complexity index is 987. The number of amides is 1. The second-order valence-electron chi connectivity index (χ2n) is 5.16. The Kier molecular flexibility index (Phi) is 5.82. The summed E-state index contributed by atoms with van der Waals surface area (Å²) in [7, 11) is 1.56. The SMILES string of the molecule is COc1cc2sc(NC(=S)NC(=O)C=Cc3ccccc3)nc2cc1Cl. The lowest BCUT2D eigenvalue weighted by atomic mass is 10.2. The van der Waals surface area contributed by atoms with E-state index in [-0.39, 0.29) is 11.0 Å². The molecule has 0 aliphatic rings. The molecule has 1 heterocycles. The second kappa shape index (κ2) is 8.27. The molecule has 132 valence electrons. The van der Waals surface area contributed by atoms with Crippen molar-refractivity contribution in [2.45, 2.75) is 0 Å². The van der Waals surface area contributed by atoms with Gasteiger partial charge in [-0.05, 0) is 29.9 Å². The Labute approximate surface area is 164 Å². The van der Waals surface area contributed by atoms with E-state index in [0.717, 1.165) is 15.8 Å². The van der Waals surface area contributed by atoms with Gasteiger partial charge in [0.1, 0.15) is 5.75 Å². The summed E-state index contributed by atoms with van der Waals surface area (Å²) in [6.07, 6.45) is 3.14. The van der Waals surface area contributed by atoms with Crippen molar-refractivity contribution >= 4 is 67.6 Å². The predicted molar refractivity (Wildman–Crippen MR) is 111 cm³/mol. The highest BCUT2D eigenvalue weighted by Crippen LogP contribution is 2.34. The molecule has 2 N–H and O–H groups in total. The average molecular weight is 404 g/mol. The lowest BCUT2D eigenvalue weighted by Gasteiger charge is -2.04. The highest BCUT2D eigenvalue weighted by atomic mass is 35.5. The summed E-state index contributed by atoms with van der Waals surface area (Å²) in [4.78, 5) is 16.3. The number of ether oxygens (including phenoxy) is 1. The van der Waals surface area contributed by atoms with Crippen molar-refractivity contribution in [2.24, 2.45) is 0 Å². The van der Waals surface area contributed by atoms with Crippen molar-refractivity contribution < 1.29 is 9.53 Å². The second-order valence-corrected chi connectivity index (χ2v) is 7.01. The Morgan fingerprint density at radius 3 is 2.81 bits per heavy atom.